The van der Waals surface area contributed by atoms with Crippen LogP contribution in [0.1, 0.15) is 24.3 Å². The molecule has 0 saturated heterocycles. The molecule has 1 amide bonds. The van der Waals surface area contributed by atoms with Gasteiger partial charge in [0, 0.05) is 4.88 Å². The van der Waals surface area contributed by atoms with Crippen LogP contribution in [0, 0.1) is 0 Å². The zero-order valence-corrected chi connectivity index (χ0v) is 10.5. The predicted octanol–water partition coefficient (Wildman–Crippen LogP) is -0.00250. The minimum atomic E-state index is -0.994. The van der Waals surface area contributed by atoms with E-state index < -0.39 is 17.5 Å². The molecular formula is C11H18N2O3S. The predicted molar refractivity (Wildman–Crippen MR) is 66.6 cm³/mol. The first-order valence-corrected chi connectivity index (χ1v) is 6.29. The van der Waals surface area contributed by atoms with Crippen molar-refractivity contribution in [2.75, 3.05) is 13.2 Å². The van der Waals surface area contributed by atoms with Crippen molar-refractivity contribution in [3.8, 4) is 0 Å². The number of aliphatic hydroxyl groups excluding tert-OH is 2. The lowest BCUT2D eigenvalue weighted by Crippen LogP contribution is -2.55. The number of nitrogens with two attached hydrogens (primary N) is 1. The number of thiophene rings is 1. The van der Waals surface area contributed by atoms with Gasteiger partial charge in [-0.3, -0.25) is 4.79 Å². The summed E-state index contributed by atoms with van der Waals surface area (Å²) in [6.07, 6.45) is 0.433. The zero-order valence-electron chi connectivity index (χ0n) is 9.72. The third-order valence-electron chi connectivity index (χ3n) is 2.80. The van der Waals surface area contributed by atoms with Crippen LogP contribution in [0.3, 0.4) is 0 Å². The third kappa shape index (κ3) is 3.26. The molecule has 0 radical (unpaired) electrons. The van der Waals surface area contributed by atoms with Crippen LogP contribution in [0.25, 0.3) is 0 Å². The Morgan fingerprint density at radius 2 is 2.24 bits per heavy atom. The molecule has 6 heteroatoms. The number of hydrogen-bond acceptors (Lipinski definition) is 5. The van der Waals surface area contributed by atoms with Crippen molar-refractivity contribution in [3.05, 3.63) is 22.4 Å². The van der Waals surface area contributed by atoms with Gasteiger partial charge < -0.3 is 21.3 Å². The van der Waals surface area contributed by atoms with Gasteiger partial charge in [0.1, 0.15) is 6.04 Å². The summed E-state index contributed by atoms with van der Waals surface area (Å²) in [7, 11) is 0. The van der Waals surface area contributed by atoms with Gasteiger partial charge in [-0.25, -0.2) is 0 Å². The number of carbonyl (C=O) groups excluding carboxylic acids is 1. The van der Waals surface area contributed by atoms with E-state index in [1.807, 2.05) is 11.4 Å². The molecule has 5 nitrogen and oxygen atoms in total. The van der Waals surface area contributed by atoms with Crippen molar-refractivity contribution >= 4 is 17.2 Å². The fraction of sp³-hybridized carbons (Fsp3) is 0.545. The maximum Gasteiger partial charge on any atom is 0.242 e. The highest BCUT2D eigenvalue weighted by Crippen LogP contribution is 2.18. The summed E-state index contributed by atoms with van der Waals surface area (Å²) in [5.41, 5.74) is 4.80. The van der Waals surface area contributed by atoms with Gasteiger partial charge in [-0.2, -0.15) is 0 Å². The normalized spacial score (nSPS) is 13.4. The number of hydrogen-bond donors (Lipinski definition) is 4. The van der Waals surface area contributed by atoms with E-state index in [-0.39, 0.29) is 13.2 Å². The second-order valence-corrected chi connectivity index (χ2v) is 4.91. The number of nitrogens with one attached hydrogen (secondary N) is 1. The van der Waals surface area contributed by atoms with E-state index in [1.165, 1.54) is 11.3 Å². The summed E-state index contributed by atoms with van der Waals surface area (Å²) in [6.45, 7) is 1.15. The van der Waals surface area contributed by atoms with Crippen LogP contribution in [0.2, 0.25) is 0 Å². The van der Waals surface area contributed by atoms with E-state index in [0.29, 0.717) is 6.42 Å². The Morgan fingerprint density at radius 1 is 1.59 bits per heavy atom. The summed E-state index contributed by atoms with van der Waals surface area (Å²) >= 11 is 1.40. The molecule has 1 rings (SSSR count). The van der Waals surface area contributed by atoms with Crippen LogP contribution in [0.15, 0.2) is 17.5 Å². The minimum Gasteiger partial charge on any atom is -0.394 e. The van der Waals surface area contributed by atoms with E-state index in [1.54, 1.807) is 13.0 Å². The molecule has 1 aromatic rings. The topological polar surface area (TPSA) is 95.6 Å². The number of carbonyl (C=O) groups is 1. The Bertz CT molecular complexity index is 341. The highest BCUT2D eigenvalue weighted by atomic mass is 32.1. The molecule has 0 aliphatic heterocycles. The second-order valence-electron chi connectivity index (χ2n) is 3.93. The van der Waals surface area contributed by atoms with E-state index in [9.17, 15) is 15.0 Å². The highest BCUT2D eigenvalue weighted by Gasteiger charge is 2.31. The summed E-state index contributed by atoms with van der Waals surface area (Å²) < 4.78 is 0. The van der Waals surface area contributed by atoms with Crippen molar-refractivity contribution in [1.29, 1.82) is 0 Å². The Morgan fingerprint density at radius 3 is 2.65 bits per heavy atom. The van der Waals surface area contributed by atoms with Crippen molar-refractivity contribution in [1.82, 2.24) is 5.32 Å². The summed E-state index contributed by atoms with van der Waals surface area (Å²) in [6, 6.07) is 2.83. The van der Waals surface area contributed by atoms with E-state index in [4.69, 9.17) is 5.73 Å². The Kier molecular flexibility index (Phi) is 5.07. The average molecular weight is 258 g/mol. The van der Waals surface area contributed by atoms with Crippen LogP contribution in [0.5, 0.6) is 0 Å². The fourth-order valence-corrected chi connectivity index (χ4v) is 2.10. The molecule has 1 unspecified atom stereocenters. The standard InChI is InChI=1S/C11H18N2O3S/c1-2-11(6-14,7-15)13-10(16)9(12)8-4-3-5-17-8/h3-5,9,14-15H,2,6-7,12H2,1H3,(H,13,16). The Labute approximate surface area is 104 Å². The lowest BCUT2D eigenvalue weighted by molar-refractivity contribution is -0.125. The number of aliphatic hydroxyl groups is 2. The molecule has 5 N–H and O–H groups in total. The lowest BCUT2D eigenvalue weighted by atomic mass is 9.98. The van der Waals surface area contributed by atoms with Gasteiger partial charge in [0.05, 0.1) is 18.8 Å². The van der Waals surface area contributed by atoms with Gasteiger partial charge in [-0.1, -0.05) is 13.0 Å². The molecule has 0 fully saturated rings. The smallest absolute Gasteiger partial charge is 0.242 e. The molecule has 0 aliphatic rings. The van der Waals surface area contributed by atoms with Crippen molar-refractivity contribution in [2.45, 2.75) is 24.9 Å². The molecule has 1 atom stereocenters. The molecule has 0 spiro atoms. The lowest BCUT2D eigenvalue weighted by Gasteiger charge is -2.30. The van der Waals surface area contributed by atoms with Gasteiger partial charge in [0.15, 0.2) is 0 Å². The molecule has 0 aromatic carbocycles. The molecular weight excluding hydrogens is 240 g/mol. The number of rotatable bonds is 6. The molecule has 0 aliphatic carbocycles. The number of amides is 1. The zero-order chi connectivity index (χ0) is 12.9. The van der Waals surface area contributed by atoms with Gasteiger partial charge in [0.25, 0.3) is 0 Å². The molecule has 96 valence electrons. The van der Waals surface area contributed by atoms with Gasteiger partial charge >= 0.3 is 0 Å². The first-order valence-electron chi connectivity index (χ1n) is 5.41. The van der Waals surface area contributed by atoms with Crippen molar-refractivity contribution in [2.24, 2.45) is 5.73 Å². The molecule has 1 aromatic heterocycles. The molecule has 0 bridgehead atoms. The summed E-state index contributed by atoms with van der Waals surface area (Å²) in [5, 5.41) is 22.9. The van der Waals surface area contributed by atoms with Crippen molar-refractivity contribution < 1.29 is 15.0 Å². The first kappa shape index (κ1) is 14.1. The van der Waals surface area contributed by atoms with Crippen LogP contribution < -0.4 is 11.1 Å². The Balaban J connectivity index is 2.71. The van der Waals surface area contributed by atoms with E-state index in [0.717, 1.165) is 4.88 Å². The maximum absolute atomic E-state index is 11.9. The SMILES string of the molecule is CCC(CO)(CO)NC(=O)C(N)c1cccs1. The Hall–Kier alpha value is -0.950. The molecule has 1 heterocycles. The fourth-order valence-electron chi connectivity index (χ4n) is 1.38. The van der Waals surface area contributed by atoms with Gasteiger partial charge in [-0.15, -0.1) is 11.3 Å². The van der Waals surface area contributed by atoms with Crippen LogP contribution in [0.4, 0.5) is 0 Å². The highest BCUT2D eigenvalue weighted by molar-refractivity contribution is 7.10. The summed E-state index contributed by atoms with van der Waals surface area (Å²) in [4.78, 5) is 12.6. The van der Waals surface area contributed by atoms with Gasteiger partial charge in [0.2, 0.25) is 5.91 Å². The molecule has 17 heavy (non-hydrogen) atoms. The van der Waals surface area contributed by atoms with Crippen LogP contribution >= 0.6 is 11.3 Å². The quantitative estimate of drug-likeness (QED) is 0.577. The van der Waals surface area contributed by atoms with Crippen LogP contribution in [-0.2, 0) is 4.79 Å². The second kappa shape index (κ2) is 6.11. The van der Waals surface area contributed by atoms with E-state index in [2.05, 4.69) is 5.32 Å². The van der Waals surface area contributed by atoms with E-state index >= 15 is 0 Å². The first-order chi connectivity index (χ1) is 8.08. The average Bonchev–Trinajstić information content (AvgIpc) is 2.88. The summed E-state index contributed by atoms with van der Waals surface area (Å²) in [5.74, 6) is -0.391. The minimum absolute atomic E-state index is 0.317. The monoisotopic (exact) mass is 258 g/mol. The van der Waals surface area contributed by atoms with Crippen molar-refractivity contribution in [3.63, 3.8) is 0 Å². The largest absolute Gasteiger partial charge is 0.394 e. The van der Waals surface area contributed by atoms with Crippen LogP contribution in [-0.4, -0.2) is 34.9 Å². The van der Waals surface area contributed by atoms with Gasteiger partial charge in [-0.05, 0) is 17.9 Å². The maximum atomic E-state index is 11.9. The molecule has 0 saturated carbocycles. The third-order valence-corrected chi connectivity index (χ3v) is 3.76.